The van der Waals surface area contributed by atoms with Crippen LogP contribution in [0.1, 0.15) is 29.3 Å². The Morgan fingerprint density at radius 3 is 2.47 bits per heavy atom. The van der Waals surface area contributed by atoms with Gasteiger partial charge in [-0.05, 0) is 43.2 Å². The van der Waals surface area contributed by atoms with E-state index in [9.17, 15) is 4.79 Å². The number of carbonyl (C=O) groups excluding carboxylic acids is 1. The van der Waals surface area contributed by atoms with Crippen LogP contribution in [0, 0.1) is 0 Å². The third-order valence-electron chi connectivity index (χ3n) is 5.21. The van der Waals surface area contributed by atoms with Crippen molar-refractivity contribution in [2.45, 2.75) is 19.9 Å². The Hall–Kier alpha value is -2.44. The van der Waals surface area contributed by atoms with E-state index in [4.69, 9.17) is 25.8 Å². The maximum atomic E-state index is 13.1. The largest absolute Gasteiger partial charge is 0.497 e. The molecular formula is C23H29ClN2O4. The molecule has 7 heteroatoms. The summed E-state index contributed by atoms with van der Waals surface area (Å²) in [6, 6.07) is 11.5. The highest BCUT2D eigenvalue weighted by atomic mass is 35.5. The summed E-state index contributed by atoms with van der Waals surface area (Å²) in [5.41, 5.74) is 1.75. The summed E-state index contributed by atoms with van der Waals surface area (Å²) in [7, 11) is 3.22. The van der Waals surface area contributed by atoms with Crippen molar-refractivity contribution in [1.82, 2.24) is 9.80 Å². The number of hydrogen-bond acceptors (Lipinski definition) is 5. The van der Waals surface area contributed by atoms with Gasteiger partial charge in [0.1, 0.15) is 5.75 Å². The number of benzene rings is 2. The molecule has 2 aromatic rings. The molecule has 0 aromatic heterocycles. The molecule has 0 unspecified atom stereocenters. The Morgan fingerprint density at radius 2 is 1.80 bits per heavy atom. The molecule has 1 heterocycles. The van der Waals surface area contributed by atoms with Crippen molar-refractivity contribution in [2.75, 3.05) is 47.0 Å². The monoisotopic (exact) mass is 432 g/mol. The van der Waals surface area contributed by atoms with Crippen molar-refractivity contribution in [1.29, 1.82) is 0 Å². The molecule has 0 spiro atoms. The molecule has 0 bridgehead atoms. The van der Waals surface area contributed by atoms with Crippen molar-refractivity contribution < 1.29 is 19.0 Å². The summed E-state index contributed by atoms with van der Waals surface area (Å²) >= 11 is 6.35. The molecule has 2 aromatic carbocycles. The molecule has 6 nitrogen and oxygen atoms in total. The predicted octanol–water partition coefficient (Wildman–Crippen LogP) is 4.10. The van der Waals surface area contributed by atoms with E-state index in [-0.39, 0.29) is 5.91 Å². The van der Waals surface area contributed by atoms with Crippen LogP contribution >= 0.6 is 11.6 Å². The first-order valence-corrected chi connectivity index (χ1v) is 10.6. The average Bonchev–Trinajstić information content (AvgIpc) is 3.00. The van der Waals surface area contributed by atoms with Gasteiger partial charge in [-0.1, -0.05) is 23.7 Å². The van der Waals surface area contributed by atoms with Gasteiger partial charge >= 0.3 is 0 Å². The highest BCUT2D eigenvalue weighted by molar-refractivity contribution is 6.32. The first-order valence-electron chi connectivity index (χ1n) is 10.2. The zero-order valence-electron chi connectivity index (χ0n) is 17.8. The number of hydrogen-bond donors (Lipinski definition) is 0. The molecule has 162 valence electrons. The normalized spacial score (nSPS) is 14.9. The van der Waals surface area contributed by atoms with Crippen LogP contribution in [-0.2, 0) is 6.54 Å². The number of nitrogens with zero attached hydrogens (tertiary/aromatic N) is 2. The first kappa shape index (κ1) is 22.2. The lowest BCUT2D eigenvalue weighted by molar-refractivity contribution is 0.0760. The quantitative estimate of drug-likeness (QED) is 0.659. The topological polar surface area (TPSA) is 51.2 Å². The Labute approximate surface area is 183 Å². The Kier molecular flexibility index (Phi) is 7.82. The van der Waals surface area contributed by atoms with E-state index >= 15 is 0 Å². The molecule has 0 aliphatic carbocycles. The molecule has 0 radical (unpaired) electrons. The van der Waals surface area contributed by atoms with Crippen molar-refractivity contribution in [3.8, 4) is 17.2 Å². The fraction of sp³-hybridized carbons (Fsp3) is 0.435. The van der Waals surface area contributed by atoms with Gasteiger partial charge in [0.2, 0.25) is 0 Å². The summed E-state index contributed by atoms with van der Waals surface area (Å²) in [6.45, 7) is 6.36. The van der Waals surface area contributed by atoms with Gasteiger partial charge in [-0.15, -0.1) is 0 Å². The second kappa shape index (κ2) is 10.5. The number of halogens is 1. The van der Waals surface area contributed by atoms with Crippen LogP contribution in [0.4, 0.5) is 0 Å². The second-order valence-corrected chi connectivity index (χ2v) is 7.60. The third-order valence-corrected chi connectivity index (χ3v) is 5.49. The van der Waals surface area contributed by atoms with Crippen LogP contribution in [-0.4, -0.2) is 62.7 Å². The van der Waals surface area contributed by atoms with Gasteiger partial charge in [-0.25, -0.2) is 0 Å². The summed E-state index contributed by atoms with van der Waals surface area (Å²) in [5.74, 6) is 1.77. The molecular weight excluding hydrogens is 404 g/mol. The molecule has 1 saturated heterocycles. The van der Waals surface area contributed by atoms with E-state index in [1.54, 1.807) is 26.4 Å². The molecule has 1 fully saturated rings. The highest BCUT2D eigenvalue weighted by Gasteiger charge is 2.23. The van der Waals surface area contributed by atoms with E-state index in [1.807, 2.05) is 24.0 Å². The van der Waals surface area contributed by atoms with E-state index in [0.717, 1.165) is 31.8 Å². The van der Waals surface area contributed by atoms with Crippen LogP contribution in [0.3, 0.4) is 0 Å². The van der Waals surface area contributed by atoms with Crippen molar-refractivity contribution in [2.24, 2.45) is 0 Å². The summed E-state index contributed by atoms with van der Waals surface area (Å²) < 4.78 is 16.2. The number of carbonyl (C=O) groups is 1. The molecule has 0 atom stereocenters. The van der Waals surface area contributed by atoms with Crippen LogP contribution < -0.4 is 14.2 Å². The van der Waals surface area contributed by atoms with Crippen LogP contribution in [0.25, 0.3) is 0 Å². The lowest BCUT2D eigenvalue weighted by atomic mass is 10.1. The lowest BCUT2D eigenvalue weighted by Crippen LogP contribution is -2.35. The van der Waals surface area contributed by atoms with Gasteiger partial charge in [0.15, 0.2) is 11.5 Å². The van der Waals surface area contributed by atoms with E-state index in [2.05, 4.69) is 17.0 Å². The van der Waals surface area contributed by atoms with Crippen LogP contribution in [0.5, 0.6) is 17.2 Å². The van der Waals surface area contributed by atoms with Crippen molar-refractivity contribution in [3.05, 3.63) is 52.5 Å². The summed E-state index contributed by atoms with van der Waals surface area (Å²) in [5, 5.41) is 0.385. The first-order chi connectivity index (χ1) is 14.5. The maximum absolute atomic E-state index is 13.1. The van der Waals surface area contributed by atoms with Crippen LogP contribution in [0.15, 0.2) is 36.4 Å². The minimum Gasteiger partial charge on any atom is -0.497 e. The fourth-order valence-corrected chi connectivity index (χ4v) is 3.90. The second-order valence-electron chi connectivity index (χ2n) is 7.19. The number of methoxy groups -OCH3 is 2. The molecule has 30 heavy (non-hydrogen) atoms. The smallest absolute Gasteiger partial charge is 0.254 e. The Morgan fingerprint density at radius 1 is 1.03 bits per heavy atom. The highest BCUT2D eigenvalue weighted by Crippen LogP contribution is 2.36. The predicted molar refractivity (Wildman–Crippen MR) is 118 cm³/mol. The van der Waals surface area contributed by atoms with Gasteiger partial charge in [0.05, 0.1) is 25.8 Å². The number of ether oxygens (including phenoxy) is 3. The van der Waals surface area contributed by atoms with E-state index in [0.29, 0.717) is 41.8 Å². The van der Waals surface area contributed by atoms with Crippen molar-refractivity contribution >= 4 is 17.5 Å². The van der Waals surface area contributed by atoms with Gasteiger partial charge in [0.25, 0.3) is 5.91 Å². The zero-order valence-corrected chi connectivity index (χ0v) is 18.6. The third kappa shape index (κ3) is 5.37. The molecule has 1 amide bonds. The minimum atomic E-state index is -0.0375. The molecule has 0 saturated carbocycles. The molecule has 3 rings (SSSR count). The van der Waals surface area contributed by atoms with Gasteiger partial charge in [-0.2, -0.15) is 0 Å². The molecule has 1 aliphatic heterocycles. The number of amides is 1. The van der Waals surface area contributed by atoms with E-state index in [1.165, 1.54) is 5.56 Å². The lowest BCUT2D eigenvalue weighted by Gasteiger charge is -2.23. The summed E-state index contributed by atoms with van der Waals surface area (Å²) in [6.07, 6.45) is 0.920. The number of rotatable bonds is 7. The van der Waals surface area contributed by atoms with Gasteiger partial charge in [-0.3, -0.25) is 9.69 Å². The minimum absolute atomic E-state index is 0.0375. The Balaban J connectivity index is 1.65. The average molecular weight is 433 g/mol. The van der Waals surface area contributed by atoms with E-state index < -0.39 is 0 Å². The molecule has 0 N–H and O–H groups in total. The van der Waals surface area contributed by atoms with Crippen LogP contribution in [0.2, 0.25) is 5.02 Å². The molecule has 1 aliphatic rings. The standard InChI is InChI=1S/C23H29ClN2O4/c1-4-30-22-20(24)14-18(15-21(22)29-3)23(27)26-11-5-10-25(12-13-26)16-17-6-8-19(28-2)9-7-17/h6-9,14-15H,4-5,10-13,16H2,1-3H3. The van der Waals surface area contributed by atoms with Gasteiger partial charge in [0, 0.05) is 38.3 Å². The summed E-state index contributed by atoms with van der Waals surface area (Å²) in [4.78, 5) is 17.4. The zero-order chi connectivity index (χ0) is 21.5. The van der Waals surface area contributed by atoms with Gasteiger partial charge < -0.3 is 19.1 Å². The SMILES string of the molecule is CCOc1c(Cl)cc(C(=O)N2CCCN(Cc3ccc(OC)cc3)CC2)cc1OC. The fourth-order valence-electron chi connectivity index (χ4n) is 3.63. The van der Waals surface area contributed by atoms with Crippen molar-refractivity contribution in [3.63, 3.8) is 0 Å². The maximum Gasteiger partial charge on any atom is 0.254 e. The Bertz CT molecular complexity index is 857.